The molecule has 1 unspecified atom stereocenters. The third-order valence-corrected chi connectivity index (χ3v) is 11.8. The molecule has 9 rings (SSSR count). The minimum absolute atomic E-state index is 0.104. The number of aromatic nitrogens is 2. The fourth-order valence-corrected chi connectivity index (χ4v) is 9.02. The van der Waals surface area contributed by atoms with E-state index in [9.17, 15) is 24.3 Å². The van der Waals surface area contributed by atoms with Crippen LogP contribution in [-0.2, 0) is 9.59 Å². The fourth-order valence-electron chi connectivity index (χ4n) is 9.02. The molecule has 270 valence electrons. The van der Waals surface area contributed by atoms with E-state index in [1.165, 1.54) is 12.8 Å². The van der Waals surface area contributed by atoms with Crippen LogP contribution in [0.25, 0.3) is 11.3 Å². The van der Waals surface area contributed by atoms with E-state index in [0.29, 0.717) is 46.4 Å². The van der Waals surface area contributed by atoms with Gasteiger partial charge in [0.2, 0.25) is 11.8 Å². The lowest BCUT2D eigenvalue weighted by Crippen LogP contribution is -2.59. The van der Waals surface area contributed by atoms with Crippen molar-refractivity contribution in [2.24, 2.45) is 5.92 Å². The van der Waals surface area contributed by atoms with E-state index in [1.54, 1.807) is 18.2 Å². The van der Waals surface area contributed by atoms with Gasteiger partial charge in [-0.05, 0) is 74.4 Å². The number of piperazine rings is 1. The van der Waals surface area contributed by atoms with Gasteiger partial charge in [0, 0.05) is 75.6 Å². The highest BCUT2D eigenvalue weighted by Crippen LogP contribution is 2.37. The van der Waals surface area contributed by atoms with Crippen molar-refractivity contribution >= 4 is 40.8 Å². The number of nitrogens with zero attached hydrogens (tertiary/aromatic N) is 6. The third-order valence-electron chi connectivity index (χ3n) is 11.8. The normalized spacial score (nSPS) is 26.3. The molecule has 2 aromatic carbocycles. The average molecular weight is 706 g/mol. The Kier molecular flexibility index (Phi) is 8.30. The molecule has 14 nitrogen and oxygen atoms in total. The number of imide groups is 2. The Labute approximate surface area is 301 Å². The van der Waals surface area contributed by atoms with Gasteiger partial charge in [-0.1, -0.05) is 12.1 Å². The summed E-state index contributed by atoms with van der Waals surface area (Å²) in [5, 5.41) is 28.8. The minimum atomic E-state index is -0.957. The van der Waals surface area contributed by atoms with Crippen LogP contribution in [0.2, 0.25) is 0 Å². The molecule has 4 fully saturated rings. The van der Waals surface area contributed by atoms with Crippen molar-refractivity contribution in [2.45, 2.75) is 62.7 Å². The Morgan fingerprint density at radius 2 is 1.65 bits per heavy atom. The van der Waals surface area contributed by atoms with Crippen LogP contribution in [0.1, 0.15) is 59.2 Å². The van der Waals surface area contributed by atoms with Crippen LogP contribution in [-0.4, -0.2) is 119 Å². The number of carbonyl (C=O) groups is 4. The molecule has 4 N–H and O–H groups in total. The Morgan fingerprint density at radius 1 is 0.846 bits per heavy atom. The lowest BCUT2D eigenvalue weighted by Gasteiger charge is -2.48. The summed E-state index contributed by atoms with van der Waals surface area (Å²) in [5.41, 5.74) is 3.97. The quantitative estimate of drug-likeness (QED) is 0.266. The van der Waals surface area contributed by atoms with E-state index in [4.69, 9.17) is 0 Å². The Balaban J connectivity index is 0.736. The number of anilines is 3. The van der Waals surface area contributed by atoms with Crippen LogP contribution >= 0.6 is 0 Å². The van der Waals surface area contributed by atoms with Crippen molar-refractivity contribution in [3.05, 3.63) is 59.7 Å². The van der Waals surface area contributed by atoms with Crippen molar-refractivity contribution in [3.63, 3.8) is 0 Å². The molecule has 1 saturated carbocycles. The topological polar surface area (TPSA) is 163 Å². The minimum Gasteiger partial charge on any atom is -0.507 e. The summed E-state index contributed by atoms with van der Waals surface area (Å²) in [5.74, 6) is -0.217. The number of carbonyl (C=O) groups excluding carboxylic acids is 4. The maximum absolute atomic E-state index is 13.3. The lowest BCUT2D eigenvalue weighted by atomic mass is 9.79. The zero-order valence-corrected chi connectivity index (χ0v) is 29.0. The van der Waals surface area contributed by atoms with Crippen molar-refractivity contribution in [3.8, 4) is 17.0 Å². The smallest absolute Gasteiger partial charge is 0.262 e. The van der Waals surface area contributed by atoms with Gasteiger partial charge >= 0.3 is 0 Å². The molecule has 0 spiro atoms. The number of amides is 4. The summed E-state index contributed by atoms with van der Waals surface area (Å²) in [6.45, 7) is 6.61. The molecule has 6 aliphatic rings. The Bertz CT molecular complexity index is 1940. The number of piperidine rings is 2. The zero-order chi connectivity index (χ0) is 35.5. The second-order valence-corrected chi connectivity index (χ2v) is 15.1. The molecule has 3 aromatic rings. The first-order chi connectivity index (χ1) is 25.3. The zero-order valence-electron chi connectivity index (χ0n) is 29.0. The second-order valence-electron chi connectivity index (χ2n) is 15.1. The molecule has 5 aliphatic heterocycles. The van der Waals surface area contributed by atoms with Gasteiger partial charge in [-0.15, -0.1) is 10.2 Å². The van der Waals surface area contributed by atoms with Gasteiger partial charge in [-0.25, -0.2) is 0 Å². The highest BCUT2D eigenvalue weighted by atomic mass is 16.3. The van der Waals surface area contributed by atoms with Gasteiger partial charge in [-0.2, -0.15) is 0 Å². The number of benzene rings is 2. The van der Waals surface area contributed by atoms with E-state index in [1.807, 2.05) is 30.3 Å². The van der Waals surface area contributed by atoms with Crippen LogP contribution in [0.4, 0.5) is 17.2 Å². The van der Waals surface area contributed by atoms with Crippen molar-refractivity contribution < 1.29 is 24.3 Å². The van der Waals surface area contributed by atoms with Crippen LogP contribution in [0, 0.1) is 5.92 Å². The first kappa shape index (κ1) is 32.8. The number of phenolic OH excluding ortho intramolecular Hbond substituents is 1. The van der Waals surface area contributed by atoms with Gasteiger partial charge in [0.1, 0.15) is 11.8 Å². The molecule has 14 heteroatoms. The van der Waals surface area contributed by atoms with E-state index in [2.05, 4.69) is 40.8 Å². The molecule has 52 heavy (non-hydrogen) atoms. The number of fused-ring (bicyclic) bond motifs is 4. The number of hydrogen-bond acceptors (Lipinski definition) is 12. The van der Waals surface area contributed by atoms with Crippen LogP contribution < -0.4 is 25.8 Å². The van der Waals surface area contributed by atoms with E-state index in [-0.39, 0.29) is 24.5 Å². The van der Waals surface area contributed by atoms with Gasteiger partial charge in [0.15, 0.2) is 5.82 Å². The molecular formula is C38H43N9O5. The lowest BCUT2D eigenvalue weighted by molar-refractivity contribution is -0.136. The molecule has 2 atom stereocenters. The molecule has 3 saturated heterocycles. The fraction of sp³-hybridized carbons (Fsp3) is 0.474. The standard InChI is InChI=1S/C38H43N9O5/c48-33-4-2-1-3-28(33)30-18-32-35(43-42-30)39-19-26-21-44(13-14-46(26)32)20-22-15-24(16-22)40-23-9-11-45(12-10-23)25-5-6-27-29(17-25)38(52)47(37(27)51)31-7-8-34(49)41-36(31)50/h1-6,17-18,22-24,26,31,40,48H,7-16,19-21H2,(H,39,43)(H,41,49,50)/t22?,24?,26-,31?/m0/s1. The second kappa shape index (κ2) is 13.2. The highest BCUT2D eigenvalue weighted by Gasteiger charge is 2.45. The van der Waals surface area contributed by atoms with Crippen molar-refractivity contribution in [1.29, 1.82) is 0 Å². The molecule has 4 amide bonds. The third kappa shape index (κ3) is 5.93. The maximum Gasteiger partial charge on any atom is 0.262 e. The van der Waals surface area contributed by atoms with Gasteiger partial charge in [-0.3, -0.25) is 34.3 Å². The van der Waals surface area contributed by atoms with Gasteiger partial charge in [0.05, 0.1) is 28.6 Å². The summed E-state index contributed by atoms with van der Waals surface area (Å²) >= 11 is 0. The molecule has 0 radical (unpaired) electrons. The molecule has 1 aromatic heterocycles. The average Bonchev–Trinajstić information content (AvgIpc) is 3.39. The van der Waals surface area contributed by atoms with Crippen LogP contribution in [0.5, 0.6) is 5.75 Å². The summed E-state index contributed by atoms with van der Waals surface area (Å²) in [6, 6.07) is 15.1. The number of hydrogen-bond donors (Lipinski definition) is 4. The number of rotatable bonds is 7. The van der Waals surface area contributed by atoms with Crippen LogP contribution in [0.3, 0.4) is 0 Å². The predicted octanol–water partition coefficient (Wildman–Crippen LogP) is 2.20. The van der Waals surface area contributed by atoms with Crippen LogP contribution in [0.15, 0.2) is 48.5 Å². The summed E-state index contributed by atoms with van der Waals surface area (Å²) < 4.78 is 0. The first-order valence-corrected chi connectivity index (χ1v) is 18.5. The number of phenols is 1. The van der Waals surface area contributed by atoms with Crippen molar-refractivity contribution in [2.75, 3.05) is 60.9 Å². The largest absolute Gasteiger partial charge is 0.507 e. The van der Waals surface area contributed by atoms with Crippen molar-refractivity contribution in [1.82, 2.24) is 30.6 Å². The summed E-state index contributed by atoms with van der Waals surface area (Å²) in [7, 11) is 0. The number of aromatic hydroxyl groups is 1. The molecule has 1 aliphatic carbocycles. The SMILES string of the molecule is O=C1CCC(N2C(=O)c3ccc(N4CCC(NC5CC(CN6CCN7c8cc(-c9ccccc9O)nnc8NC[C@H]7C6)C5)CC4)cc3C2=O)C(=O)N1. The van der Waals surface area contributed by atoms with E-state index in [0.717, 1.165) is 80.7 Å². The summed E-state index contributed by atoms with van der Waals surface area (Å²) in [4.78, 5) is 58.8. The number of para-hydroxylation sites is 1. The van der Waals surface area contributed by atoms with E-state index >= 15 is 0 Å². The van der Waals surface area contributed by atoms with Gasteiger partial charge in [0.25, 0.3) is 11.8 Å². The highest BCUT2D eigenvalue weighted by molar-refractivity contribution is 6.23. The van der Waals surface area contributed by atoms with E-state index < -0.39 is 23.8 Å². The first-order valence-electron chi connectivity index (χ1n) is 18.5. The van der Waals surface area contributed by atoms with Gasteiger partial charge < -0.3 is 25.5 Å². The molecular weight excluding hydrogens is 662 g/mol. The Hall–Kier alpha value is -5.08. The molecule has 0 bridgehead atoms. The maximum atomic E-state index is 13.3. The Morgan fingerprint density at radius 3 is 2.46 bits per heavy atom. The summed E-state index contributed by atoms with van der Waals surface area (Å²) in [6.07, 6.45) is 4.64. The number of nitrogens with one attached hydrogen (secondary N) is 3. The monoisotopic (exact) mass is 705 g/mol. The predicted molar refractivity (Wildman–Crippen MR) is 193 cm³/mol. The molecule has 6 heterocycles.